The molecule has 0 aromatic carbocycles. The third-order valence-electron chi connectivity index (χ3n) is 2.39. The molecule has 1 N–H and O–H groups in total. The molecular weight excluding hydrogens is 181 g/mol. The third-order valence-corrected chi connectivity index (χ3v) is 2.39. The Morgan fingerprint density at radius 2 is 2.08 bits per heavy atom. The number of aromatic nitrogens is 2. The van der Waals surface area contributed by atoms with Crippen LogP contribution in [0, 0.1) is 0 Å². The van der Waals surface area contributed by atoms with Crippen molar-refractivity contribution in [2.75, 3.05) is 0 Å². The summed E-state index contributed by atoms with van der Waals surface area (Å²) in [4.78, 5) is 6.05. The molecule has 0 atom stereocenters. The monoisotopic (exact) mass is 190 g/mol. The molecule has 0 amide bonds. The lowest BCUT2D eigenvalue weighted by atomic mass is 9.85. The summed E-state index contributed by atoms with van der Waals surface area (Å²) < 4.78 is 36.3. The van der Waals surface area contributed by atoms with Crippen molar-refractivity contribution in [1.29, 1.82) is 0 Å². The summed E-state index contributed by atoms with van der Waals surface area (Å²) in [7, 11) is 0. The molecule has 0 spiro atoms. The van der Waals surface area contributed by atoms with Gasteiger partial charge in [0.25, 0.3) is 0 Å². The lowest BCUT2D eigenvalue weighted by Crippen LogP contribution is -2.11. The first-order valence-electron chi connectivity index (χ1n) is 4.19. The van der Waals surface area contributed by atoms with Gasteiger partial charge in [-0.15, -0.1) is 0 Å². The van der Waals surface area contributed by atoms with Gasteiger partial charge in [0.15, 0.2) is 0 Å². The molecule has 0 radical (unpaired) electrons. The van der Waals surface area contributed by atoms with Crippen LogP contribution in [0.25, 0.3) is 0 Å². The van der Waals surface area contributed by atoms with Crippen LogP contribution in [0.1, 0.15) is 36.7 Å². The van der Waals surface area contributed by atoms with E-state index in [-0.39, 0.29) is 5.92 Å². The molecule has 2 nitrogen and oxygen atoms in total. The van der Waals surface area contributed by atoms with Crippen molar-refractivity contribution < 1.29 is 13.2 Å². The molecule has 1 aromatic heterocycles. The highest BCUT2D eigenvalue weighted by molar-refractivity contribution is 5.10. The fourth-order valence-corrected chi connectivity index (χ4v) is 1.37. The normalized spacial score (nSPS) is 18.7. The first kappa shape index (κ1) is 8.59. The number of alkyl halides is 3. The Bertz CT molecular complexity index is 299. The van der Waals surface area contributed by atoms with Crippen molar-refractivity contribution in [2.24, 2.45) is 0 Å². The molecule has 2 rings (SSSR count). The first-order valence-corrected chi connectivity index (χ1v) is 4.19. The molecule has 1 fully saturated rings. The fourth-order valence-electron chi connectivity index (χ4n) is 1.37. The Labute approximate surface area is 73.2 Å². The number of nitrogens with one attached hydrogen (secondary N) is 1. The Hall–Kier alpha value is -1.00. The van der Waals surface area contributed by atoms with E-state index in [2.05, 4.69) is 9.97 Å². The summed E-state index contributed by atoms with van der Waals surface area (Å²) in [5.41, 5.74) is -0.741. The second-order valence-corrected chi connectivity index (χ2v) is 3.31. The molecule has 0 bridgehead atoms. The van der Waals surface area contributed by atoms with E-state index in [1.165, 1.54) is 0 Å². The highest BCUT2D eigenvalue weighted by Gasteiger charge is 2.34. The van der Waals surface area contributed by atoms with Gasteiger partial charge in [-0.3, -0.25) is 0 Å². The van der Waals surface area contributed by atoms with Crippen LogP contribution in [-0.2, 0) is 6.18 Å². The number of nitrogens with zero attached hydrogens (tertiary/aromatic N) is 1. The van der Waals surface area contributed by atoms with Crippen LogP contribution in [0.4, 0.5) is 13.2 Å². The highest BCUT2D eigenvalue weighted by Crippen LogP contribution is 2.36. The Balaban J connectivity index is 2.17. The summed E-state index contributed by atoms with van der Waals surface area (Å²) in [5, 5.41) is 0. The number of hydrogen-bond donors (Lipinski definition) is 1. The summed E-state index contributed by atoms with van der Waals surface area (Å²) in [6, 6.07) is 0. The van der Waals surface area contributed by atoms with E-state index in [1.54, 1.807) is 0 Å². The Kier molecular flexibility index (Phi) is 1.82. The van der Waals surface area contributed by atoms with Crippen LogP contribution in [0.5, 0.6) is 0 Å². The van der Waals surface area contributed by atoms with Crippen molar-refractivity contribution >= 4 is 0 Å². The zero-order valence-corrected chi connectivity index (χ0v) is 6.86. The van der Waals surface area contributed by atoms with E-state index < -0.39 is 11.9 Å². The van der Waals surface area contributed by atoms with Gasteiger partial charge in [-0.05, 0) is 12.8 Å². The second-order valence-electron chi connectivity index (χ2n) is 3.31. The lowest BCUT2D eigenvalue weighted by molar-refractivity contribution is -0.141. The first-order chi connectivity index (χ1) is 6.07. The average Bonchev–Trinajstić information content (AvgIpc) is 2.29. The molecule has 5 heteroatoms. The molecule has 1 aliphatic carbocycles. The van der Waals surface area contributed by atoms with E-state index in [0.717, 1.165) is 25.5 Å². The van der Waals surface area contributed by atoms with Gasteiger partial charge in [0.05, 0.1) is 6.20 Å². The fraction of sp³-hybridized carbons (Fsp3) is 0.625. The smallest absolute Gasteiger partial charge is 0.338 e. The van der Waals surface area contributed by atoms with Crippen LogP contribution in [0.15, 0.2) is 6.20 Å². The van der Waals surface area contributed by atoms with Gasteiger partial charge in [0, 0.05) is 5.92 Å². The summed E-state index contributed by atoms with van der Waals surface area (Å²) in [5.74, 6) is 0.703. The SMILES string of the molecule is FC(F)(F)c1cnc(C2CCC2)[nH]1. The summed E-state index contributed by atoms with van der Waals surface area (Å²) in [6.45, 7) is 0. The molecular formula is C8H9F3N2. The van der Waals surface area contributed by atoms with Gasteiger partial charge in [0.1, 0.15) is 11.5 Å². The van der Waals surface area contributed by atoms with Gasteiger partial charge in [-0.25, -0.2) is 4.98 Å². The van der Waals surface area contributed by atoms with Crippen molar-refractivity contribution in [3.05, 3.63) is 17.7 Å². The van der Waals surface area contributed by atoms with Gasteiger partial charge in [0.2, 0.25) is 0 Å². The zero-order valence-electron chi connectivity index (χ0n) is 6.86. The minimum Gasteiger partial charge on any atom is -0.338 e. The van der Waals surface area contributed by atoms with Crippen molar-refractivity contribution in [2.45, 2.75) is 31.4 Å². The standard InChI is InChI=1S/C8H9F3N2/c9-8(10,11)6-4-12-7(13-6)5-2-1-3-5/h4-5H,1-3H2,(H,12,13). The molecule has 0 saturated heterocycles. The van der Waals surface area contributed by atoms with Gasteiger partial charge < -0.3 is 4.98 Å². The van der Waals surface area contributed by atoms with E-state index in [0.29, 0.717) is 5.82 Å². The molecule has 1 heterocycles. The number of H-pyrrole nitrogens is 1. The second kappa shape index (κ2) is 2.75. The molecule has 1 saturated carbocycles. The zero-order chi connectivity index (χ0) is 9.47. The van der Waals surface area contributed by atoms with Crippen LogP contribution in [0.2, 0.25) is 0 Å². The maximum Gasteiger partial charge on any atom is 0.432 e. The Morgan fingerprint density at radius 1 is 1.38 bits per heavy atom. The lowest BCUT2D eigenvalue weighted by Gasteiger charge is -2.22. The third kappa shape index (κ3) is 1.55. The molecule has 0 unspecified atom stereocenters. The largest absolute Gasteiger partial charge is 0.432 e. The predicted molar refractivity (Wildman–Crippen MR) is 40.2 cm³/mol. The molecule has 1 aliphatic rings. The van der Waals surface area contributed by atoms with E-state index in [4.69, 9.17) is 0 Å². The van der Waals surface area contributed by atoms with Gasteiger partial charge in [-0.1, -0.05) is 6.42 Å². The van der Waals surface area contributed by atoms with Crippen LogP contribution >= 0.6 is 0 Å². The van der Waals surface area contributed by atoms with Crippen molar-refractivity contribution in [1.82, 2.24) is 9.97 Å². The van der Waals surface area contributed by atoms with Crippen molar-refractivity contribution in [3.63, 3.8) is 0 Å². The number of hydrogen-bond acceptors (Lipinski definition) is 1. The number of halogens is 3. The Morgan fingerprint density at radius 3 is 2.46 bits per heavy atom. The quantitative estimate of drug-likeness (QED) is 0.724. The van der Waals surface area contributed by atoms with Gasteiger partial charge in [-0.2, -0.15) is 13.2 Å². The van der Waals surface area contributed by atoms with E-state index in [1.807, 2.05) is 0 Å². The minimum atomic E-state index is -4.30. The van der Waals surface area contributed by atoms with Crippen LogP contribution in [-0.4, -0.2) is 9.97 Å². The maximum absolute atomic E-state index is 12.1. The topological polar surface area (TPSA) is 28.7 Å². The van der Waals surface area contributed by atoms with Crippen molar-refractivity contribution in [3.8, 4) is 0 Å². The molecule has 72 valence electrons. The van der Waals surface area contributed by atoms with Gasteiger partial charge >= 0.3 is 6.18 Å². The number of rotatable bonds is 1. The molecule has 0 aliphatic heterocycles. The number of imidazole rings is 1. The highest BCUT2D eigenvalue weighted by atomic mass is 19.4. The molecule has 1 aromatic rings. The maximum atomic E-state index is 12.1. The van der Waals surface area contributed by atoms with Crippen LogP contribution < -0.4 is 0 Å². The predicted octanol–water partition coefficient (Wildman–Crippen LogP) is 2.70. The summed E-state index contributed by atoms with van der Waals surface area (Å²) in [6.07, 6.45) is -0.439. The minimum absolute atomic E-state index is 0.219. The van der Waals surface area contributed by atoms with E-state index >= 15 is 0 Å². The molecule has 13 heavy (non-hydrogen) atoms. The number of aromatic amines is 1. The van der Waals surface area contributed by atoms with Crippen LogP contribution in [0.3, 0.4) is 0 Å². The van der Waals surface area contributed by atoms with E-state index in [9.17, 15) is 13.2 Å². The summed E-state index contributed by atoms with van der Waals surface area (Å²) >= 11 is 0. The average molecular weight is 190 g/mol.